The van der Waals surface area contributed by atoms with Crippen molar-refractivity contribution in [3.63, 3.8) is 0 Å². The number of hydrogen-bond acceptors (Lipinski definition) is 8. The SMILES string of the molecule is O=C1Nc2cc(F)ccc2C1=C1OCc2cc(NCCO)ccc21.O=C1Nc2ccccc2C1=C1OCc2cc(NCCO)ccc21. The summed E-state index contributed by atoms with van der Waals surface area (Å²) in [5.41, 5.74) is 9.44. The third kappa shape index (κ3) is 5.66. The molecule has 0 unspecified atom stereocenters. The number of carbonyl (C=O) groups excluding carboxylic acids is 2. The molecular weight excluding hydrogens is 603 g/mol. The Morgan fingerprint density at radius 3 is 1.72 bits per heavy atom. The Hall–Kier alpha value is -5.65. The van der Waals surface area contributed by atoms with Gasteiger partial charge in [-0.15, -0.1) is 0 Å². The van der Waals surface area contributed by atoms with Gasteiger partial charge in [-0.05, 0) is 60.7 Å². The van der Waals surface area contributed by atoms with Crippen LogP contribution in [0.1, 0.15) is 33.4 Å². The molecule has 8 rings (SSSR count). The fraction of sp³-hybridized carbons (Fsp3) is 0.167. The Morgan fingerprint density at radius 2 is 1.15 bits per heavy atom. The van der Waals surface area contributed by atoms with E-state index in [-0.39, 0.29) is 25.0 Å². The first kappa shape index (κ1) is 30.0. The van der Waals surface area contributed by atoms with E-state index in [4.69, 9.17) is 19.7 Å². The largest absolute Gasteiger partial charge is 0.487 e. The second kappa shape index (κ2) is 12.6. The van der Waals surface area contributed by atoms with Crippen LogP contribution in [0.15, 0.2) is 78.9 Å². The van der Waals surface area contributed by atoms with E-state index in [1.807, 2.05) is 60.7 Å². The topological polar surface area (TPSA) is 141 Å². The molecule has 10 nitrogen and oxygen atoms in total. The Labute approximate surface area is 269 Å². The number of hydrogen-bond donors (Lipinski definition) is 6. The predicted octanol–water partition coefficient (Wildman–Crippen LogP) is 5.02. The van der Waals surface area contributed by atoms with Crippen molar-refractivity contribution in [2.75, 3.05) is 47.6 Å². The van der Waals surface area contributed by atoms with Gasteiger partial charge in [0.1, 0.15) is 30.5 Å². The molecule has 0 spiro atoms. The second-order valence-corrected chi connectivity index (χ2v) is 11.2. The van der Waals surface area contributed by atoms with Crippen molar-refractivity contribution in [3.8, 4) is 0 Å². The van der Waals surface area contributed by atoms with Gasteiger partial charge in [-0.2, -0.15) is 0 Å². The number of amides is 2. The fourth-order valence-corrected chi connectivity index (χ4v) is 6.07. The molecule has 0 aliphatic carbocycles. The number of rotatable bonds is 6. The molecule has 4 aliphatic heterocycles. The zero-order valence-electron chi connectivity index (χ0n) is 25.2. The molecule has 238 valence electrons. The van der Waals surface area contributed by atoms with Crippen molar-refractivity contribution < 1.29 is 33.7 Å². The molecular formula is C36H31FN4O6. The molecule has 47 heavy (non-hydrogen) atoms. The Kier molecular flexibility index (Phi) is 8.07. The monoisotopic (exact) mass is 634 g/mol. The number of anilines is 4. The van der Waals surface area contributed by atoms with Crippen LogP contribution < -0.4 is 21.3 Å². The van der Waals surface area contributed by atoms with Crippen LogP contribution in [0, 0.1) is 5.82 Å². The van der Waals surface area contributed by atoms with Crippen LogP contribution in [-0.4, -0.2) is 48.3 Å². The molecule has 2 amide bonds. The van der Waals surface area contributed by atoms with Gasteiger partial charge in [-0.25, -0.2) is 4.39 Å². The number of carbonyl (C=O) groups is 2. The smallest absolute Gasteiger partial charge is 0.260 e. The lowest BCUT2D eigenvalue weighted by molar-refractivity contribution is -0.111. The molecule has 4 aromatic carbocycles. The van der Waals surface area contributed by atoms with Gasteiger partial charge in [0.05, 0.1) is 30.0 Å². The highest BCUT2D eigenvalue weighted by Crippen LogP contribution is 2.43. The highest BCUT2D eigenvalue weighted by atomic mass is 19.1. The molecule has 4 aliphatic rings. The van der Waals surface area contributed by atoms with Gasteiger partial charge in [0.25, 0.3) is 11.8 Å². The van der Waals surface area contributed by atoms with Crippen LogP contribution in [0.5, 0.6) is 0 Å². The van der Waals surface area contributed by atoms with E-state index in [2.05, 4.69) is 21.3 Å². The van der Waals surface area contributed by atoms with Gasteiger partial charge >= 0.3 is 0 Å². The minimum Gasteiger partial charge on any atom is -0.487 e. The highest BCUT2D eigenvalue weighted by Gasteiger charge is 2.34. The molecule has 11 heteroatoms. The van der Waals surface area contributed by atoms with Crippen molar-refractivity contribution in [1.29, 1.82) is 0 Å². The number of nitrogens with one attached hydrogen (secondary N) is 4. The van der Waals surface area contributed by atoms with Crippen LogP contribution in [0.4, 0.5) is 27.1 Å². The summed E-state index contributed by atoms with van der Waals surface area (Å²) in [6.07, 6.45) is 0. The minimum atomic E-state index is -0.396. The van der Waals surface area contributed by atoms with Gasteiger partial charge in [0.15, 0.2) is 0 Å². The van der Waals surface area contributed by atoms with E-state index in [9.17, 15) is 14.0 Å². The van der Waals surface area contributed by atoms with E-state index in [0.717, 1.165) is 44.9 Å². The summed E-state index contributed by atoms with van der Waals surface area (Å²) in [4.78, 5) is 24.7. The van der Waals surface area contributed by atoms with Crippen LogP contribution >= 0.6 is 0 Å². The van der Waals surface area contributed by atoms with E-state index < -0.39 is 5.82 Å². The summed E-state index contributed by atoms with van der Waals surface area (Å²) < 4.78 is 25.0. The van der Waals surface area contributed by atoms with Crippen molar-refractivity contribution in [3.05, 3.63) is 118 Å². The van der Waals surface area contributed by atoms with Gasteiger partial charge in [-0.3, -0.25) is 9.59 Å². The summed E-state index contributed by atoms with van der Waals surface area (Å²) in [7, 11) is 0. The third-order valence-corrected chi connectivity index (χ3v) is 8.18. The number of benzene rings is 4. The normalized spacial score (nSPS) is 18.1. The van der Waals surface area contributed by atoms with Gasteiger partial charge in [0.2, 0.25) is 0 Å². The first-order chi connectivity index (χ1) is 22.9. The highest BCUT2D eigenvalue weighted by molar-refractivity contribution is 6.37. The number of halogens is 1. The standard InChI is InChI=1S/C18H15FN2O3.C18H16N2O3/c19-11-1-3-14-15(8-11)21-18(23)16(14)17-13-4-2-12(20-5-6-22)7-10(13)9-24-17;21-8-7-19-12-5-6-13-11(9-12)10-23-17(13)16-14-3-1-2-4-15(14)20-18(16)22/h1-4,7-8,20,22H,5-6,9H2,(H,21,23);1-6,9,19,21H,7-8,10H2,(H,20,22). The lowest BCUT2D eigenvalue weighted by Crippen LogP contribution is -2.06. The molecule has 0 atom stereocenters. The average molecular weight is 635 g/mol. The lowest BCUT2D eigenvalue weighted by atomic mass is 10.00. The number of para-hydroxylation sites is 1. The predicted molar refractivity (Wildman–Crippen MR) is 177 cm³/mol. The lowest BCUT2D eigenvalue weighted by Gasteiger charge is -2.07. The van der Waals surface area contributed by atoms with Gasteiger partial charge in [-0.1, -0.05) is 18.2 Å². The molecule has 4 aromatic rings. The summed E-state index contributed by atoms with van der Waals surface area (Å²) in [5.74, 6) is 0.336. The molecule has 0 saturated heterocycles. The molecule has 4 heterocycles. The second-order valence-electron chi connectivity index (χ2n) is 11.2. The molecule has 0 bridgehead atoms. The first-order valence-electron chi connectivity index (χ1n) is 15.2. The van der Waals surface area contributed by atoms with E-state index in [0.29, 0.717) is 60.2 Å². The maximum atomic E-state index is 13.4. The Morgan fingerprint density at radius 1 is 0.638 bits per heavy atom. The average Bonchev–Trinajstić information content (AvgIpc) is 3.84. The van der Waals surface area contributed by atoms with Crippen molar-refractivity contribution in [1.82, 2.24) is 0 Å². The maximum Gasteiger partial charge on any atom is 0.260 e. The van der Waals surface area contributed by atoms with Crippen LogP contribution in [-0.2, 0) is 32.3 Å². The summed E-state index contributed by atoms with van der Waals surface area (Å²) in [6.45, 7) is 1.92. The van der Waals surface area contributed by atoms with Crippen LogP contribution in [0.3, 0.4) is 0 Å². The summed E-state index contributed by atoms with van der Waals surface area (Å²) in [6, 6.07) is 23.4. The van der Waals surface area contributed by atoms with Crippen molar-refractivity contribution in [2.24, 2.45) is 0 Å². The number of ether oxygens (including phenoxy) is 2. The fourth-order valence-electron chi connectivity index (χ4n) is 6.07. The molecule has 6 N–H and O–H groups in total. The molecule has 0 fully saturated rings. The van der Waals surface area contributed by atoms with E-state index in [1.165, 1.54) is 12.1 Å². The summed E-state index contributed by atoms with van der Waals surface area (Å²) >= 11 is 0. The van der Waals surface area contributed by atoms with Gasteiger partial charge in [0, 0.05) is 63.5 Å². The zero-order valence-corrected chi connectivity index (χ0v) is 25.2. The van der Waals surface area contributed by atoms with Crippen molar-refractivity contribution >= 4 is 57.2 Å². The molecule has 0 aromatic heterocycles. The Bertz CT molecular complexity index is 1990. The minimum absolute atomic E-state index is 0.0520. The molecule has 0 radical (unpaired) electrons. The number of aliphatic hydroxyl groups is 2. The van der Waals surface area contributed by atoms with Crippen LogP contribution in [0.25, 0.3) is 22.7 Å². The third-order valence-electron chi connectivity index (χ3n) is 8.18. The molecule has 0 saturated carbocycles. The first-order valence-corrected chi connectivity index (χ1v) is 15.2. The summed E-state index contributed by atoms with van der Waals surface area (Å²) in [5, 5.41) is 29.6. The van der Waals surface area contributed by atoms with E-state index >= 15 is 0 Å². The number of aliphatic hydroxyl groups excluding tert-OH is 2. The number of fused-ring (bicyclic) bond motifs is 4. The maximum absolute atomic E-state index is 13.4. The zero-order chi connectivity index (χ0) is 32.5. The quantitative estimate of drug-likeness (QED) is 0.163. The van der Waals surface area contributed by atoms with E-state index in [1.54, 1.807) is 6.07 Å². The van der Waals surface area contributed by atoms with Crippen molar-refractivity contribution in [2.45, 2.75) is 13.2 Å². The Balaban J connectivity index is 0.000000150. The van der Waals surface area contributed by atoms with Crippen LogP contribution in [0.2, 0.25) is 0 Å². The van der Waals surface area contributed by atoms with Gasteiger partial charge < -0.3 is 41.0 Å².